The molecule has 0 spiro atoms. The lowest BCUT2D eigenvalue weighted by molar-refractivity contribution is 0.0695. The second-order valence-electron chi connectivity index (χ2n) is 5.39. The van der Waals surface area contributed by atoms with Crippen molar-refractivity contribution in [2.24, 2.45) is 29.6 Å². The maximum Gasteiger partial charge on any atom is -0.0360 e. The molecule has 0 radical (unpaired) electrons. The summed E-state index contributed by atoms with van der Waals surface area (Å²) in [5.41, 5.74) is 0. The molecule has 1 aliphatic rings. The van der Waals surface area contributed by atoms with Gasteiger partial charge in [0.1, 0.15) is 0 Å². The van der Waals surface area contributed by atoms with Crippen molar-refractivity contribution in [3.8, 4) is 0 Å². The Kier molecular flexibility index (Phi) is 3.82. The number of hydrogen-bond donors (Lipinski definition) is 0. The van der Waals surface area contributed by atoms with Crippen LogP contribution in [0.4, 0.5) is 0 Å². The number of hydrogen-bond acceptors (Lipinski definition) is 0. The summed E-state index contributed by atoms with van der Waals surface area (Å²) in [4.78, 5) is 0. The van der Waals surface area contributed by atoms with Crippen molar-refractivity contribution in [1.29, 1.82) is 0 Å². The van der Waals surface area contributed by atoms with E-state index in [0.717, 1.165) is 29.6 Å². The van der Waals surface area contributed by atoms with Crippen LogP contribution in [0, 0.1) is 29.6 Å². The highest BCUT2D eigenvalue weighted by Crippen LogP contribution is 2.44. The Hall–Kier alpha value is 0. The molecule has 0 bridgehead atoms. The van der Waals surface area contributed by atoms with Crippen molar-refractivity contribution >= 4 is 0 Å². The Labute approximate surface area is 84.1 Å². The molecule has 4 unspecified atom stereocenters. The van der Waals surface area contributed by atoms with Crippen LogP contribution in [-0.2, 0) is 0 Å². The van der Waals surface area contributed by atoms with Crippen LogP contribution in [0.25, 0.3) is 0 Å². The molecule has 0 N–H and O–H groups in total. The SMILES string of the molecule is CCC(C(C)C)C(C)C1CCC1C. The average Bonchev–Trinajstić information content (AvgIpc) is 2.02. The minimum absolute atomic E-state index is 0.868. The zero-order valence-electron chi connectivity index (χ0n) is 10.0. The highest BCUT2D eigenvalue weighted by Gasteiger charge is 2.35. The summed E-state index contributed by atoms with van der Waals surface area (Å²) < 4.78 is 0. The van der Waals surface area contributed by atoms with E-state index in [2.05, 4.69) is 34.6 Å². The van der Waals surface area contributed by atoms with E-state index in [9.17, 15) is 0 Å². The van der Waals surface area contributed by atoms with Crippen LogP contribution < -0.4 is 0 Å². The Bertz CT molecular complexity index is 148. The standard InChI is InChI=1S/C13H26/c1-6-12(9(2)3)11(5)13-8-7-10(13)4/h9-13H,6-8H2,1-5H3. The van der Waals surface area contributed by atoms with Gasteiger partial charge >= 0.3 is 0 Å². The van der Waals surface area contributed by atoms with Crippen molar-refractivity contribution in [2.45, 2.75) is 53.9 Å². The highest BCUT2D eigenvalue weighted by molar-refractivity contribution is 4.85. The zero-order chi connectivity index (χ0) is 10.0. The van der Waals surface area contributed by atoms with Gasteiger partial charge in [-0.3, -0.25) is 0 Å². The first-order valence-electron chi connectivity index (χ1n) is 6.07. The van der Waals surface area contributed by atoms with E-state index in [1.807, 2.05) is 0 Å². The fourth-order valence-corrected chi connectivity index (χ4v) is 3.24. The molecule has 1 rings (SSSR count). The van der Waals surface area contributed by atoms with Gasteiger partial charge in [0.25, 0.3) is 0 Å². The Morgan fingerprint density at radius 2 is 1.77 bits per heavy atom. The molecule has 0 aliphatic heterocycles. The first-order chi connectivity index (χ1) is 6.07. The molecule has 0 aromatic heterocycles. The van der Waals surface area contributed by atoms with E-state index in [4.69, 9.17) is 0 Å². The first kappa shape index (κ1) is 11.1. The molecule has 0 aromatic carbocycles. The van der Waals surface area contributed by atoms with Crippen LogP contribution in [0.5, 0.6) is 0 Å². The smallest absolute Gasteiger partial charge is 0.0360 e. The number of rotatable bonds is 4. The fraction of sp³-hybridized carbons (Fsp3) is 1.00. The van der Waals surface area contributed by atoms with Gasteiger partial charge in [-0.25, -0.2) is 0 Å². The van der Waals surface area contributed by atoms with Gasteiger partial charge < -0.3 is 0 Å². The van der Waals surface area contributed by atoms with Gasteiger partial charge in [-0.1, -0.05) is 47.5 Å². The lowest BCUT2D eigenvalue weighted by atomic mass is 9.63. The van der Waals surface area contributed by atoms with Gasteiger partial charge in [-0.05, 0) is 36.0 Å². The minimum atomic E-state index is 0.868. The van der Waals surface area contributed by atoms with Crippen LogP contribution >= 0.6 is 0 Å². The van der Waals surface area contributed by atoms with Gasteiger partial charge in [0.2, 0.25) is 0 Å². The summed E-state index contributed by atoms with van der Waals surface area (Å²) in [7, 11) is 0. The Morgan fingerprint density at radius 1 is 1.15 bits per heavy atom. The molecule has 0 amide bonds. The second-order valence-corrected chi connectivity index (χ2v) is 5.39. The van der Waals surface area contributed by atoms with Crippen LogP contribution in [0.3, 0.4) is 0 Å². The van der Waals surface area contributed by atoms with Crippen molar-refractivity contribution in [3.05, 3.63) is 0 Å². The lowest BCUT2D eigenvalue weighted by Gasteiger charge is -2.43. The normalized spacial score (nSPS) is 32.8. The molecule has 0 aromatic rings. The summed E-state index contributed by atoms with van der Waals surface area (Å²) in [6.07, 6.45) is 4.33. The van der Waals surface area contributed by atoms with Crippen LogP contribution in [-0.4, -0.2) is 0 Å². The highest BCUT2D eigenvalue weighted by atomic mass is 14.4. The molecule has 4 atom stereocenters. The van der Waals surface area contributed by atoms with Crippen molar-refractivity contribution in [2.75, 3.05) is 0 Å². The third kappa shape index (κ3) is 2.27. The monoisotopic (exact) mass is 182 g/mol. The molecule has 1 aliphatic carbocycles. The summed E-state index contributed by atoms with van der Waals surface area (Å²) in [6.45, 7) is 12.0. The molecule has 1 saturated carbocycles. The maximum atomic E-state index is 2.48. The van der Waals surface area contributed by atoms with Crippen molar-refractivity contribution < 1.29 is 0 Å². The van der Waals surface area contributed by atoms with E-state index in [1.54, 1.807) is 0 Å². The average molecular weight is 182 g/mol. The van der Waals surface area contributed by atoms with Gasteiger partial charge in [-0.2, -0.15) is 0 Å². The molecule has 0 heterocycles. The van der Waals surface area contributed by atoms with Gasteiger partial charge in [0.05, 0.1) is 0 Å². The molecule has 0 nitrogen and oxygen atoms in total. The Balaban J connectivity index is 2.48. The van der Waals surface area contributed by atoms with Crippen LogP contribution in [0.2, 0.25) is 0 Å². The first-order valence-corrected chi connectivity index (χ1v) is 6.07. The molecule has 13 heavy (non-hydrogen) atoms. The minimum Gasteiger partial charge on any atom is -0.0651 e. The third-order valence-electron chi connectivity index (χ3n) is 4.36. The molecule has 1 fully saturated rings. The lowest BCUT2D eigenvalue weighted by Crippen LogP contribution is -2.34. The predicted octanol–water partition coefficient (Wildman–Crippen LogP) is 4.35. The van der Waals surface area contributed by atoms with E-state index in [1.165, 1.54) is 19.3 Å². The predicted molar refractivity (Wildman–Crippen MR) is 59.7 cm³/mol. The van der Waals surface area contributed by atoms with Gasteiger partial charge in [-0.15, -0.1) is 0 Å². The molecule has 0 heteroatoms. The van der Waals surface area contributed by atoms with E-state index in [0.29, 0.717) is 0 Å². The summed E-state index contributed by atoms with van der Waals surface area (Å²) in [5.74, 6) is 4.81. The van der Waals surface area contributed by atoms with Crippen molar-refractivity contribution in [3.63, 3.8) is 0 Å². The van der Waals surface area contributed by atoms with Crippen LogP contribution in [0.1, 0.15) is 53.9 Å². The van der Waals surface area contributed by atoms with E-state index < -0.39 is 0 Å². The molecule has 0 saturated heterocycles. The van der Waals surface area contributed by atoms with Gasteiger partial charge in [0, 0.05) is 0 Å². The fourth-order valence-electron chi connectivity index (χ4n) is 3.24. The Morgan fingerprint density at radius 3 is 2.00 bits per heavy atom. The largest absolute Gasteiger partial charge is 0.0651 e. The quantitative estimate of drug-likeness (QED) is 0.606. The van der Waals surface area contributed by atoms with Crippen LogP contribution in [0.15, 0.2) is 0 Å². The topological polar surface area (TPSA) is 0 Å². The summed E-state index contributed by atoms with van der Waals surface area (Å²) >= 11 is 0. The van der Waals surface area contributed by atoms with E-state index in [-0.39, 0.29) is 0 Å². The van der Waals surface area contributed by atoms with E-state index >= 15 is 0 Å². The molecule has 78 valence electrons. The molecular weight excluding hydrogens is 156 g/mol. The second kappa shape index (κ2) is 4.48. The zero-order valence-corrected chi connectivity index (χ0v) is 10.0. The maximum absolute atomic E-state index is 2.48. The summed E-state index contributed by atoms with van der Waals surface area (Å²) in [5, 5.41) is 0. The summed E-state index contributed by atoms with van der Waals surface area (Å²) in [6, 6.07) is 0. The third-order valence-corrected chi connectivity index (χ3v) is 4.36. The van der Waals surface area contributed by atoms with Crippen molar-refractivity contribution in [1.82, 2.24) is 0 Å². The molecular formula is C13H26. The van der Waals surface area contributed by atoms with Gasteiger partial charge in [0.15, 0.2) is 0 Å².